The smallest absolute Gasteiger partial charge is 0.314 e. The van der Waals surface area contributed by atoms with Gasteiger partial charge in [-0.2, -0.15) is 13.8 Å². The van der Waals surface area contributed by atoms with Crippen molar-refractivity contribution in [1.82, 2.24) is 4.98 Å². The van der Waals surface area contributed by atoms with Crippen molar-refractivity contribution in [1.29, 1.82) is 0 Å². The van der Waals surface area contributed by atoms with Gasteiger partial charge in [0, 0.05) is 0 Å². The fourth-order valence-corrected chi connectivity index (χ4v) is 3.67. The Labute approximate surface area is 158 Å². The molecule has 3 nitrogen and oxygen atoms in total. The van der Waals surface area contributed by atoms with Gasteiger partial charge >= 0.3 is 5.97 Å². The van der Waals surface area contributed by atoms with E-state index in [1.165, 1.54) is 24.0 Å². The lowest BCUT2D eigenvalue weighted by molar-refractivity contribution is -0.140. The van der Waals surface area contributed by atoms with Crippen LogP contribution in [0.3, 0.4) is 0 Å². The summed E-state index contributed by atoms with van der Waals surface area (Å²) < 4.78 is 31.5. The first-order chi connectivity index (χ1) is 13.1. The quantitative estimate of drug-likeness (QED) is 0.490. The topological polar surface area (TPSA) is 39.2 Å². The molecule has 3 rings (SSSR count). The molecule has 0 amide bonds. The second-order valence-corrected chi connectivity index (χ2v) is 7.24. The van der Waals surface area contributed by atoms with Gasteiger partial charge in [0.25, 0.3) is 5.95 Å². The maximum absolute atomic E-state index is 13.5. The summed E-state index contributed by atoms with van der Waals surface area (Å²) in [6.45, 7) is 2.19. The molecule has 0 aliphatic heterocycles. The average Bonchev–Trinajstić information content (AvgIpc) is 2.69. The highest BCUT2D eigenvalue weighted by Crippen LogP contribution is 2.36. The van der Waals surface area contributed by atoms with E-state index in [0.717, 1.165) is 31.4 Å². The zero-order chi connectivity index (χ0) is 19.2. The Morgan fingerprint density at radius 3 is 2.41 bits per heavy atom. The van der Waals surface area contributed by atoms with Gasteiger partial charge in [-0.15, -0.1) is 0 Å². The van der Waals surface area contributed by atoms with Crippen molar-refractivity contribution in [3.05, 3.63) is 59.4 Å². The van der Waals surface area contributed by atoms with E-state index in [0.29, 0.717) is 18.8 Å². The molecule has 27 heavy (non-hydrogen) atoms. The molecule has 1 aromatic heterocycles. The van der Waals surface area contributed by atoms with E-state index >= 15 is 0 Å². The fourth-order valence-electron chi connectivity index (χ4n) is 3.67. The van der Waals surface area contributed by atoms with Crippen LogP contribution < -0.4 is 4.74 Å². The number of carbonyl (C=O) groups excluding carboxylic acids is 1. The normalized spacial score (nSPS) is 19.7. The molecule has 1 aliphatic carbocycles. The number of benzene rings is 1. The monoisotopic (exact) mass is 373 g/mol. The second kappa shape index (κ2) is 9.07. The lowest BCUT2D eigenvalue weighted by atomic mass is 9.78. The predicted molar refractivity (Wildman–Crippen MR) is 99.5 cm³/mol. The third-order valence-electron chi connectivity index (χ3n) is 5.32. The highest BCUT2D eigenvalue weighted by molar-refractivity contribution is 5.75. The third-order valence-corrected chi connectivity index (χ3v) is 5.32. The van der Waals surface area contributed by atoms with Crippen LogP contribution in [0, 0.1) is 17.8 Å². The summed E-state index contributed by atoms with van der Waals surface area (Å²) in [5, 5.41) is 0. The first kappa shape index (κ1) is 19.5. The molecular weight excluding hydrogens is 348 g/mol. The minimum Gasteiger partial charge on any atom is -0.421 e. The molecule has 2 aromatic rings. The predicted octanol–water partition coefficient (Wildman–Crippen LogP) is 5.58. The van der Waals surface area contributed by atoms with Crippen molar-refractivity contribution in [3.8, 4) is 5.75 Å². The SMILES string of the molecule is CCCCc1ccc([C@H]2CC[C@H](C(=O)Oc3ccc(F)nc3F)CC2)cc1. The van der Waals surface area contributed by atoms with E-state index in [-0.39, 0.29) is 11.7 Å². The number of aryl methyl sites for hydroxylation is 1. The minimum absolute atomic E-state index is 0.255. The fraction of sp³-hybridized carbons (Fsp3) is 0.455. The van der Waals surface area contributed by atoms with Crippen LogP contribution in [0.15, 0.2) is 36.4 Å². The van der Waals surface area contributed by atoms with Crippen LogP contribution in [0.1, 0.15) is 62.5 Å². The first-order valence-electron chi connectivity index (χ1n) is 9.69. The zero-order valence-corrected chi connectivity index (χ0v) is 15.6. The molecule has 1 saturated carbocycles. The lowest BCUT2D eigenvalue weighted by Gasteiger charge is -2.27. The number of hydrogen-bond donors (Lipinski definition) is 0. The number of pyridine rings is 1. The Hall–Kier alpha value is -2.30. The van der Waals surface area contributed by atoms with Gasteiger partial charge in [-0.3, -0.25) is 4.79 Å². The zero-order valence-electron chi connectivity index (χ0n) is 15.6. The highest BCUT2D eigenvalue weighted by Gasteiger charge is 2.29. The van der Waals surface area contributed by atoms with E-state index in [1.54, 1.807) is 0 Å². The van der Waals surface area contributed by atoms with Crippen LogP contribution in [0.25, 0.3) is 0 Å². The maximum atomic E-state index is 13.5. The Balaban J connectivity index is 1.52. The molecule has 0 spiro atoms. The molecular formula is C22H25F2NO2. The maximum Gasteiger partial charge on any atom is 0.314 e. The van der Waals surface area contributed by atoms with Crippen LogP contribution >= 0.6 is 0 Å². The second-order valence-electron chi connectivity index (χ2n) is 7.24. The van der Waals surface area contributed by atoms with Crippen molar-refractivity contribution in [3.63, 3.8) is 0 Å². The number of aromatic nitrogens is 1. The highest BCUT2D eigenvalue weighted by atomic mass is 19.1. The van der Waals surface area contributed by atoms with Gasteiger partial charge in [0.2, 0.25) is 5.95 Å². The van der Waals surface area contributed by atoms with E-state index in [4.69, 9.17) is 4.74 Å². The summed E-state index contributed by atoms with van der Waals surface area (Å²) in [4.78, 5) is 15.3. The number of hydrogen-bond acceptors (Lipinski definition) is 3. The largest absolute Gasteiger partial charge is 0.421 e. The number of ether oxygens (including phenoxy) is 1. The summed E-state index contributed by atoms with van der Waals surface area (Å²) in [5.41, 5.74) is 2.68. The van der Waals surface area contributed by atoms with Gasteiger partial charge < -0.3 is 4.74 Å². The molecule has 0 saturated heterocycles. The molecule has 144 valence electrons. The number of nitrogens with zero attached hydrogens (tertiary/aromatic N) is 1. The number of rotatable bonds is 6. The summed E-state index contributed by atoms with van der Waals surface area (Å²) in [5.74, 6) is -2.62. The van der Waals surface area contributed by atoms with Crippen molar-refractivity contribution in [2.45, 2.75) is 57.8 Å². The Morgan fingerprint density at radius 2 is 1.78 bits per heavy atom. The van der Waals surface area contributed by atoms with Crippen molar-refractivity contribution in [2.24, 2.45) is 5.92 Å². The van der Waals surface area contributed by atoms with Gasteiger partial charge in [0.15, 0.2) is 5.75 Å². The lowest BCUT2D eigenvalue weighted by Crippen LogP contribution is -2.25. The van der Waals surface area contributed by atoms with Gasteiger partial charge in [0.05, 0.1) is 5.92 Å². The molecule has 1 aromatic carbocycles. The molecule has 1 aliphatic rings. The Bertz CT molecular complexity index is 768. The summed E-state index contributed by atoms with van der Waals surface area (Å²) in [7, 11) is 0. The molecule has 0 atom stereocenters. The molecule has 0 unspecified atom stereocenters. The molecule has 5 heteroatoms. The van der Waals surface area contributed by atoms with Crippen LogP contribution in [0.4, 0.5) is 8.78 Å². The minimum atomic E-state index is -1.10. The molecule has 1 fully saturated rings. The molecule has 0 radical (unpaired) electrons. The van der Waals surface area contributed by atoms with Crippen LogP contribution in [-0.2, 0) is 11.2 Å². The summed E-state index contributed by atoms with van der Waals surface area (Å²) in [6.07, 6.45) is 6.73. The summed E-state index contributed by atoms with van der Waals surface area (Å²) >= 11 is 0. The van der Waals surface area contributed by atoms with Crippen LogP contribution in [0.2, 0.25) is 0 Å². The van der Waals surface area contributed by atoms with Gasteiger partial charge in [-0.05, 0) is 67.7 Å². The standard InChI is InChI=1S/C22H25F2NO2/c1-2-3-4-15-5-7-16(8-6-15)17-9-11-18(12-10-17)22(26)27-19-13-14-20(23)25-21(19)24/h5-8,13-14,17-18H,2-4,9-12H2,1H3/t17-,18-. The Kier molecular flexibility index (Phi) is 6.54. The molecule has 0 N–H and O–H groups in total. The first-order valence-corrected chi connectivity index (χ1v) is 9.69. The number of halogens is 2. The van der Waals surface area contributed by atoms with Crippen molar-refractivity contribution in [2.75, 3.05) is 0 Å². The Morgan fingerprint density at radius 1 is 1.07 bits per heavy atom. The molecule has 1 heterocycles. The average molecular weight is 373 g/mol. The van der Waals surface area contributed by atoms with Gasteiger partial charge in [-0.1, -0.05) is 37.6 Å². The molecule has 0 bridgehead atoms. The van der Waals surface area contributed by atoms with Gasteiger partial charge in [0.1, 0.15) is 0 Å². The van der Waals surface area contributed by atoms with Crippen LogP contribution in [-0.4, -0.2) is 11.0 Å². The number of esters is 1. The van der Waals surface area contributed by atoms with Crippen molar-refractivity contribution < 1.29 is 18.3 Å². The number of carbonyl (C=O) groups is 1. The third kappa shape index (κ3) is 5.12. The van der Waals surface area contributed by atoms with Crippen molar-refractivity contribution >= 4 is 5.97 Å². The van der Waals surface area contributed by atoms with E-state index in [1.807, 2.05) is 0 Å². The summed E-state index contributed by atoms with van der Waals surface area (Å²) in [6, 6.07) is 10.9. The van der Waals surface area contributed by atoms with E-state index in [9.17, 15) is 13.6 Å². The van der Waals surface area contributed by atoms with E-state index in [2.05, 4.69) is 36.2 Å². The van der Waals surface area contributed by atoms with E-state index < -0.39 is 17.9 Å². The van der Waals surface area contributed by atoms with Gasteiger partial charge in [-0.25, -0.2) is 0 Å². The number of unbranched alkanes of at least 4 members (excludes halogenated alkanes) is 1. The van der Waals surface area contributed by atoms with Crippen LogP contribution in [0.5, 0.6) is 5.75 Å².